The maximum absolute atomic E-state index is 5.87. The average molecular weight is 363 g/mol. The number of piperazine rings is 1. The Morgan fingerprint density at radius 2 is 1.80 bits per heavy atom. The van der Waals surface area contributed by atoms with Gasteiger partial charge in [-0.15, -0.1) is 0 Å². The highest BCUT2D eigenvalue weighted by Gasteiger charge is 2.14. The quantitative estimate of drug-likeness (QED) is 0.720. The van der Waals surface area contributed by atoms with Gasteiger partial charge in [0, 0.05) is 37.2 Å². The molecule has 1 aliphatic heterocycles. The highest BCUT2D eigenvalue weighted by molar-refractivity contribution is 9.10. The summed E-state index contributed by atoms with van der Waals surface area (Å²) in [6, 6.07) is 6.16. The molecular weight excluding hydrogens is 340 g/mol. The Bertz CT molecular complexity index is 409. The Morgan fingerprint density at radius 1 is 1.15 bits per heavy atom. The number of nitrogens with zero attached hydrogens (tertiary/aromatic N) is 2. The average Bonchev–Trinajstić information content (AvgIpc) is 2.42. The Morgan fingerprint density at radius 3 is 2.40 bits per heavy atom. The Hall–Kier alpha value is -0.290. The van der Waals surface area contributed by atoms with Crippen molar-refractivity contribution in [3.63, 3.8) is 0 Å². The first-order valence-corrected chi connectivity index (χ1v) is 7.82. The highest BCUT2D eigenvalue weighted by atomic mass is 79.9. The minimum atomic E-state index is 0. The fourth-order valence-electron chi connectivity index (χ4n) is 2.39. The Balaban J connectivity index is 0.00000200. The van der Waals surface area contributed by atoms with E-state index in [1.54, 1.807) is 0 Å². The monoisotopic (exact) mass is 361 g/mol. The second kappa shape index (κ2) is 8.88. The van der Waals surface area contributed by atoms with E-state index >= 15 is 0 Å². The van der Waals surface area contributed by atoms with Crippen molar-refractivity contribution in [2.24, 2.45) is 0 Å². The molecule has 20 heavy (non-hydrogen) atoms. The van der Waals surface area contributed by atoms with Crippen LogP contribution in [-0.4, -0.2) is 55.7 Å². The lowest BCUT2D eigenvalue weighted by atomic mass is 10.2. The molecule has 1 fully saturated rings. The predicted octanol–water partition coefficient (Wildman–Crippen LogP) is -0.222. The first kappa shape index (κ1) is 17.8. The van der Waals surface area contributed by atoms with Crippen molar-refractivity contribution in [3.05, 3.63) is 28.2 Å². The summed E-state index contributed by atoms with van der Waals surface area (Å²) in [5.74, 6) is 0.996. The third kappa shape index (κ3) is 5.24. The number of benzene rings is 1. The molecule has 0 aliphatic carbocycles. The minimum absolute atomic E-state index is 0. The Labute approximate surface area is 136 Å². The molecule has 114 valence electrons. The number of halogens is 2. The van der Waals surface area contributed by atoms with Crippen LogP contribution >= 0.6 is 15.9 Å². The van der Waals surface area contributed by atoms with Crippen molar-refractivity contribution < 1.29 is 17.1 Å². The zero-order valence-electron chi connectivity index (χ0n) is 12.2. The third-order valence-electron chi connectivity index (χ3n) is 3.71. The predicted molar refractivity (Wildman–Crippen MR) is 82.9 cm³/mol. The van der Waals surface area contributed by atoms with Crippen LogP contribution in [0.3, 0.4) is 0 Å². The van der Waals surface area contributed by atoms with Crippen LogP contribution in [0.1, 0.15) is 12.5 Å². The number of likely N-dealkylation sites (N-methyl/N-ethyl adjacent to an activating group) is 1. The Kier molecular flexibility index (Phi) is 7.88. The second-order valence-corrected chi connectivity index (χ2v) is 5.95. The zero-order valence-corrected chi connectivity index (χ0v) is 14.6. The standard InChI is InChI=1S/C15H23BrN2O.ClH/c1-3-17-6-8-18(9-7-17)10-11-19-15-5-4-14(16)12-13(15)2;/h4-5,12H,3,6-11H2,1-2H3;1H/p-1. The van der Waals surface area contributed by atoms with Crippen LogP contribution in [0.2, 0.25) is 0 Å². The van der Waals surface area contributed by atoms with E-state index in [1.165, 1.54) is 25.2 Å². The van der Waals surface area contributed by atoms with Crippen LogP contribution < -0.4 is 17.1 Å². The van der Waals surface area contributed by atoms with E-state index in [9.17, 15) is 0 Å². The van der Waals surface area contributed by atoms with Gasteiger partial charge in [-0.1, -0.05) is 22.9 Å². The van der Waals surface area contributed by atoms with Gasteiger partial charge in [0.15, 0.2) is 0 Å². The van der Waals surface area contributed by atoms with Gasteiger partial charge >= 0.3 is 0 Å². The molecule has 0 radical (unpaired) electrons. The maximum Gasteiger partial charge on any atom is 0.122 e. The molecule has 0 bridgehead atoms. The number of aryl methyl sites for hydroxylation is 1. The van der Waals surface area contributed by atoms with Gasteiger partial charge in [0.1, 0.15) is 12.4 Å². The maximum atomic E-state index is 5.87. The molecule has 0 saturated carbocycles. The molecule has 0 unspecified atom stereocenters. The summed E-state index contributed by atoms with van der Waals surface area (Å²) in [7, 11) is 0. The van der Waals surface area contributed by atoms with Gasteiger partial charge in [-0.05, 0) is 37.2 Å². The summed E-state index contributed by atoms with van der Waals surface area (Å²) in [6.45, 7) is 12.0. The van der Waals surface area contributed by atoms with Gasteiger partial charge in [-0.25, -0.2) is 0 Å². The van der Waals surface area contributed by atoms with Gasteiger partial charge in [0.2, 0.25) is 0 Å². The molecule has 5 heteroatoms. The third-order valence-corrected chi connectivity index (χ3v) is 4.21. The summed E-state index contributed by atoms with van der Waals surface area (Å²) in [5, 5.41) is 0. The van der Waals surface area contributed by atoms with Crippen LogP contribution in [0, 0.1) is 6.92 Å². The molecule has 3 nitrogen and oxygen atoms in total. The van der Waals surface area contributed by atoms with Crippen molar-refractivity contribution in [3.8, 4) is 5.75 Å². The van der Waals surface area contributed by atoms with Gasteiger partial charge in [0.05, 0.1) is 0 Å². The number of hydrogen-bond donors (Lipinski definition) is 0. The van der Waals surface area contributed by atoms with E-state index in [-0.39, 0.29) is 12.4 Å². The molecule has 0 N–H and O–H groups in total. The van der Waals surface area contributed by atoms with E-state index in [4.69, 9.17) is 4.74 Å². The molecule has 1 saturated heterocycles. The molecule has 1 aromatic carbocycles. The SMILES string of the molecule is CCN1CCN(CCOc2ccc(Br)cc2C)CC1.[Cl-]. The normalized spacial score (nSPS) is 16.8. The van der Waals surface area contributed by atoms with Crippen LogP contribution in [-0.2, 0) is 0 Å². The molecule has 1 aromatic rings. The molecule has 0 amide bonds. The molecule has 0 atom stereocenters. The fraction of sp³-hybridized carbons (Fsp3) is 0.600. The van der Waals surface area contributed by atoms with Crippen LogP contribution in [0.4, 0.5) is 0 Å². The van der Waals surface area contributed by atoms with Crippen molar-refractivity contribution in [2.45, 2.75) is 13.8 Å². The van der Waals surface area contributed by atoms with Crippen LogP contribution in [0.25, 0.3) is 0 Å². The smallest absolute Gasteiger partial charge is 0.122 e. The van der Waals surface area contributed by atoms with Gasteiger partial charge in [0.25, 0.3) is 0 Å². The van der Waals surface area contributed by atoms with Crippen LogP contribution in [0.5, 0.6) is 5.75 Å². The van der Waals surface area contributed by atoms with E-state index in [2.05, 4.69) is 45.6 Å². The van der Waals surface area contributed by atoms with Gasteiger partial charge in [-0.2, -0.15) is 0 Å². The van der Waals surface area contributed by atoms with Gasteiger partial charge in [-0.3, -0.25) is 4.90 Å². The summed E-state index contributed by atoms with van der Waals surface area (Å²) in [4.78, 5) is 4.98. The van der Waals surface area contributed by atoms with E-state index in [0.29, 0.717) is 0 Å². The summed E-state index contributed by atoms with van der Waals surface area (Å²) < 4.78 is 6.98. The van der Waals surface area contributed by atoms with Gasteiger partial charge < -0.3 is 22.0 Å². The van der Waals surface area contributed by atoms with Crippen LogP contribution in [0.15, 0.2) is 22.7 Å². The van der Waals surface area contributed by atoms with E-state index in [1.807, 2.05) is 12.1 Å². The molecule has 1 heterocycles. The molecule has 2 rings (SSSR count). The second-order valence-electron chi connectivity index (χ2n) is 5.03. The lowest BCUT2D eigenvalue weighted by Crippen LogP contribution is -3.00. The van der Waals surface area contributed by atoms with Crippen molar-refractivity contribution in [2.75, 3.05) is 45.9 Å². The van der Waals surface area contributed by atoms with Crippen molar-refractivity contribution in [1.29, 1.82) is 0 Å². The highest BCUT2D eigenvalue weighted by Crippen LogP contribution is 2.22. The number of hydrogen-bond acceptors (Lipinski definition) is 3. The lowest BCUT2D eigenvalue weighted by molar-refractivity contribution is -0.00000439. The molecule has 1 aliphatic rings. The first-order valence-electron chi connectivity index (χ1n) is 7.02. The minimum Gasteiger partial charge on any atom is -1.00 e. The summed E-state index contributed by atoms with van der Waals surface area (Å²) >= 11 is 3.47. The number of rotatable bonds is 5. The summed E-state index contributed by atoms with van der Waals surface area (Å²) in [6.07, 6.45) is 0. The zero-order chi connectivity index (χ0) is 13.7. The van der Waals surface area contributed by atoms with E-state index < -0.39 is 0 Å². The first-order chi connectivity index (χ1) is 9.19. The number of ether oxygens (including phenoxy) is 1. The summed E-state index contributed by atoms with van der Waals surface area (Å²) in [5.41, 5.74) is 1.19. The lowest BCUT2D eigenvalue weighted by Gasteiger charge is -2.33. The fourth-order valence-corrected chi connectivity index (χ4v) is 2.86. The van der Waals surface area contributed by atoms with Crippen molar-refractivity contribution >= 4 is 15.9 Å². The topological polar surface area (TPSA) is 15.7 Å². The largest absolute Gasteiger partial charge is 1.00 e. The van der Waals surface area contributed by atoms with E-state index in [0.717, 1.165) is 36.5 Å². The molecule has 0 spiro atoms. The molecular formula is C15H23BrClN2O-. The molecule has 0 aromatic heterocycles. The van der Waals surface area contributed by atoms with Crippen molar-refractivity contribution in [1.82, 2.24) is 9.80 Å².